The van der Waals surface area contributed by atoms with Crippen molar-refractivity contribution < 1.29 is 4.92 Å². The van der Waals surface area contributed by atoms with Crippen molar-refractivity contribution in [2.45, 2.75) is 25.4 Å². The van der Waals surface area contributed by atoms with E-state index in [0.29, 0.717) is 6.54 Å². The minimum Gasteiger partial charge on any atom is -0.328 e. The highest BCUT2D eigenvalue weighted by Crippen LogP contribution is 2.21. The quantitative estimate of drug-likeness (QED) is 0.687. The summed E-state index contributed by atoms with van der Waals surface area (Å²) in [6.45, 7) is 2.49. The van der Waals surface area contributed by atoms with Gasteiger partial charge in [0, 0.05) is 24.2 Å². The number of nitrogens with zero attached hydrogens (tertiary/aromatic N) is 2. The summed E-state index contributed by atoms with van der Waals surface area (Å²) in [6.07, 6.45) is 1.95. The Bertz CT molecular complexity index is 410. The number of benzene rings is 1. The summed E-state index contributed by atoms with van der Waals surface area (Å²) in [5.41, 5.74) is 6.83. The highest BCUT2D eigenvalue weighted by molar-refractivity contribution is 5.85. The van der Waals surface area contributed by atoms with Crippen molar-refractivity contribution in [3.05, 3.63) is 39.9 Å². The average Bonchev–Trinajstić information content (AvgIpc) is 2.32. The van der Waals surface area contributed by atoms with Gasteiger partial charge in [-0.3, -0.25) is 15.0 Å². The Balaban J connectivity index is 0.00000162. The lowest BCUT2D eigenvalue weighted by molar-refractivity contribution is -0.385. The lowest BCUT2D eigenvalue weighted by Crippen LogP contribution is -2.39. The van der Waals surface area contributed by atoms with Gasteiger partial charge in [0.2, 0.25) is 0 Å². The van der Waals surface area contributed by atoms with Crippen LogP contribution in [0.2, 0.25) is 0 Å². The number of para-hydroxylation sites is 1. The third-order valence-electron chi connectivity index (χ3n) is 3.21. The number of nitro benzene ring substituents is 1. The van der Waals surface area contributed by atoms with E-state index in [4.69, 9.17) is 5.73 Å². The Morgan fingerprint density at radius 1 is 1.26 bits per heavy atom. The van der Waals surface area contributed by atoms with Gasteiger partial charge in [-0.1, -0.05) is 18.2 Å². The first kappa shape index (κ1) is 18.1. The molecular weight excluding hydrogens is 289 g/mol. The van der Waals surface area contributed by atoms with Crippen LogP contribution in [0.15, 0.2) is 24.3 Å². The number of halogens is 2. The fourth-order valence-corrected chi connectivity index (χ4v) is 2.17. The van der Waals surface area contributed by atoms with E-state index in [-0.39, 0.29) is 41.5 Å². The highest BCUT2D eigenvalue weighted by atomic mass is 35.5. The van der Waals surface area contributed by atoms with Gasteiger partial charge in [0.05, 0.1) is 4.92 Å². The van der Waals surface area contributed by atoms with Crippen molar-refractivity contribution in [2.24, 2.45) is 5.73 Å². The van der Waals surface area contributed by atoms with E-state index in [9.17, 15) is 10.1 Å². The molecule has 2 rings (SSSR count). The van der Waals surface area contributed by atoms with Gasteiger partial charge in [-0.25, -0.2) is 0 Å². The van der Waals surface area contributed by atoms with Gasteiger partial charge < -0.3 is 5.73 Å². The number of nitro groups is 1. The Kier molecular flexibility index (Phi) is 7.94. The molecule has 0 spiro atoms. The molecule has 0 aromatic heterocycles. The molecule has 1 fully saturated rings. The minimum absolute atomic E-state index is 0. The topological polar surface area (TPSA) is 72.4 Å². The van der Waals surface area contributed by atoms with E-state index < -0.39 is 0 Å². The van der Waals surface area contributed by atoms with E-state index >= 15 is 0 Å². The summed E-state index contributed by atoms with van der Waals surface area (Å²) < 4.78 is 0. The average molecular weight is 308 g/mol. The second-order valence-electron chi connectivity index (χ2n) is 4.50. The van der Waals surface area contributed by atoms with Crippen LogP contribution < -0.4 is 5.73 Å². The molecule has 1 saturated heterocycles. The molecule has 0 unspecified atom stereocenters. The van der Waals surface area contributed by atoms with Crippen molar-refractivity contribution in [1.82, 2.24) is 4.90 Å². The number of hydrogen-bond donors (Lipinski definition) is 1. The standard InChI is InChI=1S/C12H17N3O2.2ClH/c13-11-5-7-14(8-6-11)9-10-3-1-2-4-12(10)15(16)17;;/h1-4,11H,5-9,13H2;2*1H. The molecule has 0 saturated carbocycles. The number of piperidine rings is 1. The first-order valence-corrected chi connectivity index (χ1v) is 5.87. The summed E-state index contributed by atoms with van der Waals surface area (Å²) in [5, 5.41) is 10.9. The van der Waals surface area contributed by atoms with Crippen molar-refractivity contribution in [3.63, 3.8) is 0 Å². The number of rotatable bonds is 3. The number of likely N-dealkylation sites (tertiary alicyclic amines) is 1. The Hall–Kier alpha value is -0.880. The van der Waals surface area contributed by atoms with Gasteiger partial charge in [0.1, 0.15) is 0 Å². The van der Waals surface area contributed by atoms with Crippen molar-refractivity contribution in [1.29, 1.82) is 0 Å². The van der Waals surface area contributed by atoms with Crippen LogP contribution in [0.4, 0.5) is 5.69 Å². The third kappa shape index (κ3) is 4.95. The number of hydrogen-bond acceptors (Lipinski definition) is 4. The summed E-state index contributed by atoms with van der Waals surface area (Å²) in [4.78, 5) is 12.8. The largest absolute Gasteiger partial charge is 0.328 e. The monoisotopic (exact) mass is 307 g/mol. The van der Waals surface area contributed by atoms with E-state index in [1.165, 1.54) is 0 Å². The summed E-state index contributed by atoms with van der Waals surface area (Å²) in [6, 6.07) is 7.22. The maximum absolute atomic E-state index is 10.9. The van der Waals surface area contributed by atoms with E-state index in [0.717, 1.165) is 31.5 Å². The fourth-order valence-electron chi connectivity index (χ4n) is 2.17. The van der Waals surface area contributed by atoms with Gasteiger partial charge in [-0.2, -0.15) is 0 Å². The summed E-state index contributed by atoms with van der Waals surface area (Å²) in [7, 11) is 0. The zero-order valence-electron chi connectivity index (χ0n) is 10.5. The van der Waals surface area contributed by atoms with Gasteiger partial charge in [0.25, 0.3) is 5.69 Å². The SMILES string of the molecule is Cl.Cl.NC1CCN(Cc2ccccc2[N+](=O)[O-])CC1. The molecule has 108 valence electrons. The fraction of sp³-hybridized carbons (Fsp3) is 0.500. The second kappa shape index (κ2) is 8.32. The minimum atomic E-state index is -0.314. The normalized spacial score (nSPS) is 16.3. The predicted octanol–water partition coefficient (Wildman–Crippen LogP) is 2.36. The maximum atomic E-state index is 10.9. The van der Waals surface area contributed by atoms with Crippen molar-refractivity contribution in [2.75, 3.05) is 13.1 Å². The number of nitrogens with two attached hydrogens (primary N) is 1. The third-order valence-corrected chi connectivity index (χ3v) is 3.21. The van der Waals surface area contributed by atoms with Gasteiger partial charge in [0.15, 0.2) is 0 Å². The molecule has 1 aromatic rings. The molecule has 0 bridgehead atoms. The van der Waals surface area contributed by atoms with Crippen LogP contribution in [0.3, 0.4) is 0 Å². The lowest BCUT2D eigenvalue weighted by Gasteiger charge is -2.29. The van der Waals surface area contributed by atoms with Crippen LogP contribution in [0.1, 0.15) is 18.4 Å². The van der Waals surface area contributed by atoms with Crippen LogP contribution in [0.25, 0.3) is 0 Å². The highest BCUT2D eigenvalue weighted by Gasteiger charge is 2.19. The summed E-state index contributed by atoms with van der Waals surface area (Å²) in [5.74, 6) is 0. The van der Waals surface area contributed by atoms with Crippen LogP contribution in [0, 0.1) is 10.1 Å². The molecule has 1 heterocycles. The van der Waals surface area contributed by atoms with Crippen LogP contribution >= 0.6 is 24.8 Å². The zero-order valence-corrected chi connectivity index (χ0v) is 12.2. The van der Waals surface area contributed by atoms with Gasteiger partial charge in [-0.05, 0) is 25.9 Å². The first-order chi connectivity index (χ1) is 8.16. The van der Waals surface area contributed by atoms with E-state index in [2.05, 4.69) is 4.90 Å². The first-order valence-electron chi connectivity index (χ1n) is 5.87. The molecule has 7 heteroatoms. The molecule has 19 heavy (non-hydrogen) atoms. The molecule has 5 nitrogen and oxygen atoms in total. The van der Waals surface area contributed by atoms with E-state index in [1.807, 2.05) is 12.1 Å². The molecule has 2 N–H and O–H groups in total. The van der Waals surface area contributed by atoms with Gasteiger partial charge >= 0.3 is 0 Å². The Morgan fingerprint density at radius 3 is 2.42 bits per heavy atom. The molecule has 0 radical (unpaired) electrons. The molecule has 0 atom stereocenters. The van der Waals surface area contributed by atoms with Crippen molar-refractivity contribution >= 4 is 30.5 Å². The Labute approximate surface area is 125 Å². The van der Waals surface area contributed by atoms with Crippen LogP contribution in [-0.2, 0) is 6.54 Å². The van der Waals surface area contributed by atoms with E-state index in [1.54, 1.807) is 12.1 Å². The Morgan fingerprint density at radius 2 is 1.84 bits per heavy atom. The molecule has 0 aliphatic carbocycles. The zero-order chi connectivity index (χ0) is 12.3. The van der Waals surface area contributed by atoms with Gasteiger partial charge in [-0.15, -0.1) is 24.8 Å². The molecule has 1 aliphatic heterocycles. The molecule has 0 amide bonds. The maximum Gasteiger partial charge on any atom is 0.273 e. The van der Waals surface area contributed by atoms with Crippen molar-refractivity contribution in [3.8, 4) is 0 Å². The van der Waals surface area contributed by atoms with Crippen LogP contribution in [0.5, 0.6) is 0 Å². The van der Waals surface area contributed by atoms with Crippen LogP contribution in [-0.4, -0.2) is 29.0 Å². The predicted molar refractivity (Wildman–Crippen MR) is 80.1 cm³/mol. The lowest BCUT2D eigenvalue weighted by atomic mass is 10.0. The molecule has 1 aromatic carbocycles. The molecular formula is C12H19Cl2N3O2. The smallest absolute Gasteiger partial charge is 0.273 e. The molecule has 1 aliphatic rings. The summed E-state index contributed by atoms with van der Waals surface area (Å²) >= 11 is 0. The second-order valence-corrected chi connectivity index (χ2v) is 4.50.